The predicted octanol–water partition coefficient (Wildman–Crippen LogP) is 1.70. The van der Waals surface area contributed by atoms with Crippen LogP contribution in [0.25, 0.3) is 0 Å². The minimum atomic E-state index is -0.452. The topological polar surface area (TPSA) is 87.5 Å². The SMILES string of the molecule is CC1NNC(C)C1C1CCCN1C(=O)c1ccc([N+](=O)[O-])cc1. The molecule has 0 aromatic heterocycles. The molecule has 0 radical (unpaired) electrons. The van der Waals surface area contributed by atoms with Crippen LogP contribution in [0.3, 0.4) is 0 Å². The van der Waals surface area contributed by atoms with Crippen LogP contribution < -0.4 is 10.9 Å². The maximum atomic E-state index is 12.8. The zero-order valence-electron chi connectivity index (χ0n) is 13.4. The minimum absolute atomic E-state index is 0.00552. The van der Waals surface area contributed by atoms with E-state index in [4.69, 9.17) is 0 Å². The van der Waals surface area contributed by atoms with E-state index in [1.165, 1.54) is 12.1 Å². The highest BCUT2D eigenvalue weighted by Gasteiger charge is 2.42. The van der Waals surface area contributed by atoms with Gasteiger partial charge in [-0.1, -0.05) is 0 Å². The Labute approximate surface area is 135 Å². The summed E-state index contributed by atoms with van der Waals surface area (Å²) in [5.41, 5.74) is 7.03. The second kappa shape index (κ2) is 6.25. The van der Waals surface area contributed by atoms with Crippen molar-refractivity contribution in [2.45, 2.75) is 44.8 Å². The lowest BCUT2D eigenvalue weighted by Crippen LogP contribution is -2.46. The first-order valence-corrected chi connectivity index (χ1v) is 8.05. The number of rotatable bonds is 3. The molecule has 3 unspecified atom stereocenters. The number of nitro benzene ring substituents is 1. The number of hydrogen-bond acceptors (Lipinski definition) is 5. The molecule has 0 bridgehead atoms. The Bertz CT molecular complexity index is 594. The summed E-state index contributed by atoms with van der Waals surface area (Å²) in [6.07, 6.45) is 2.00. The molecule has 7 nitrogen and oxygen atoms in total. The third kappa shape index (κ3) is 2.94. The average Bonchev–Trinajstić information content (AvgIpc) is 3.13. The fourth-order valence-electron chi connectivity index (χ4n) is 3.89. The number of nitro groups is 1. The Kier molecular flexibility index (Phi) is 4.32. The van der Waals surface area contributed by atoms with Crippen molar-refractivity contribution in [3.8, 4) is 0 Å². The van der Waals surface area contributed by atoms with Crippen molar-refractivity contribution in [1.29, 1.82) is 0 Å². The molecule has 0 saturated carbocycles. The predicted molar refractivity (Wildman–Crippen MR) is 85.8 cm³/mol. The van der Waals surface area contributed by atoms with Crippen LogP contribution in [0.15, 0.2) is 24.3 Å². The molecule has 0 spiro atoms. The van der Waals surface area contributed by atoms with Crippen molar-refractivity contribution in [3.63, 3.8) is 0 Å². The van der Waals surface area contributed by atoms with E-state index in [0.717, 1.165) is 19.4 Å². The van der Waals surface area contributed by atoms with E-state index < -0.39 is 4.92 Å². The molecule has 2 aliphatic rings. The van der Waals surface area contributed by atoms with Gasteiger partial charge in [-0.25, -0.2) is 0 Å². The largest absolute Gasteiger partial charge is 0.335 e. The second-order valence-electron chi connectivity index (χ2n) is 6.46. The molecule has 1 amide bonds. The fraction of sp³-hybridized carbons (Fsp3) is 0.562. The zero-order valence-corrected chi connectivity index (χ0v) is 13.4. The minimum Gasteiger partial charge on any atom is -0.335 e. The molecule has 1 aromatic rings. The van der Waals surface area contributed by atoms with Crippen LogP contribution in [-0.2, 0) is 0 Å². The van der Waals surface area contributed by atoms with Gasteiger partial charge in [0.2, 0.25) is 0 Å². The molecule has 2 heterocycles. The molecule has 3 atom stereocenters. The number of carbonyl (C=O) groups is 1. The maximum absolute atomic E-state index is 12.8. The lowest BCUT2D eigenvalue weighted by atomic mass is 9.87. The van der Waals surface area contributed by atoms with Crippen molar-refractivity contribution in [1.82, 2.24) is 15.8 Å². The van der Waals surface area contributed by atoms with Crippen LogP contribution in [0.5, 0.6) is 0 Å². The first kappa shape index (κ1) is 15.9. The lowest BCUT2D eigenvalue weighted by Gasteiger charge is -2.33. The molecule has 7 heteroatoms. The summed E-state index contributed by atoms with van der Waals surface area (Å²) < 4.78 is 0. The van der Waals surface area contributed by atoms with Crippen LogP contribution in [0.2, 0.25) is 0 Å². The monoisotopic (exact) mass is 318 g/mol. The Morgan fingerprint density at radius 3 is 2.39 bits per heavy atom. The van der Waals surface area contributed by atoms with Gasteiger partial charge in [-0.15, -0.1) is 0 Å². The third-order valence-corrected chi connectivity index (χ3v) is 5.02. The van der Waals surface area contributed by atoms with Gasteiger partial charge < -0.3 is 4.90 Å². The van der Waals surface area contributed by atoms with Crippen molar-refractivity contribution in [2.75, 3.05) is 6.54 Å². The zero-order chi connectivity index (χ0) is 16.6. The number of nitrogens with zero attached hydrogens (tertiary/aromatic N) is 2. The van der Waals surface area contributed by atoms with E-state index in [2.05, 4.69) is 24.7 Å². The molecule has 0 aliphatic carbocycles. The Morgan fingerprint density at radius 1 is 1.22 bits per heavy atom. The van der Waals surface area contributed by atoms with E-state index in [-0.39, 0.29) is 17.6 Å². The van der Waals surface area contributed by atoms with Crippen LogP contribution >= 0.6 is 0 Å². The quantitative estimate of drug-likeness (QED) is 0.654. The highest BCUT2D eigenvalue weighted by atomic mass is 16.6. The molecule has 2 saturated heterocycles. The summed E-state index contributed by atoms with van der Waals surface area (Å²) in [5.74, 6) is 0.327. The number of likely N-dealkylation sites (tertiary alicyclic amines) is 1. The number of non-ortho nitro benzene ring substituents is 1. The molecular formula is C16H22N4O3. The first-order valence-electron chi connectivity index (χ1n) is 8.05. The van der Waals surface area contributed by atoms with Crippen LogP contribution in [-0.4, -0.2) is 40.4 Å². The molecule has 124 valence electrons. The standard InChI is InChI=1S/C16H22N4O3/c1-10-15(11(2)18-17-10)14-4-3-9-19(14)16(21)12-5-7-13(8-6-12)20(22)23/h5-8,10-11,14-15,17-18H,3-4,9H2,1-2H3. The Balaban J connectivity index is 1.79. The van der Waals surface area contributed by atoms with E-state index in [1.54, 1.807) is 12.1 Å². The van der Waals surface area contributed by atoms with Crippen molar-refractivity contribution in [2.24, 2.45) is 5.92 Å². The van der Waals surface area contributed by atoms with Gasteiger partial charge in [0.25, 0.3) is 11.6 Å². The van der Waals surface area contributed by atoms with Crippen molar-refractivity contribution in [3.05, 3.63) is 39.9 Å². The molecule has 2 aliphatic heterocycles. The van der Waals surface area contributed by atoms with Gasteiger partial charge >= 0.3 is 0 Å². The molecule has 1 aromatic carbocycles. The first-order chi connectivity index (χ1) is 11.0. The second-order valence-corrected chi connectivity index (χ2v) is 6.46. The van der Waals surface area contributed by atoms with E-state index in [0.29, 0.717) is 23.6 Å². The van der Waals surface area contributed by atoms with E-state index in [1.807, 2.05) is 4.90 Å². The number of hydrogen-bond donors (Lipinski definition) is 2. The summed E-state index contributed by atoms with van der Waals surface area (Å²) in [5, 5.41) is 10.7. The number of amides is 1. The van der Waals surface area contributed by atoms with Crippen LogP contribution in [0.1, 0.15) is 37.0 Å². The van der Waals surface area contributed by atoms with Gasteiger partial charge in [0.1, 0.15) is 0 Å². The summed E-state index contributed by atoms with van der Waals surface area (Å²) >= 11 is 0. The summed E-state index contributed by atoms with van der Waals surface area (Å²) in [6, 6.07) is 6.69. The van der Waals surface area contributed by atoms with Gasteiger partial charge in [0.05, 0.1) is 4.92 Å². The summed E-state index contributed by atoms with van der Waals surface area (Å²) in [7, 11) is 0. The molecular weight excluding hydrogens is 296 g/mol. The number of carbonyl (C=O) groups excluding carboxylic acids is 1. The Hall–Kier alpha value is -1.99. The fourth-order valence-corrected chi connectivity index (χ4v) is 3.89. The van der Waals surface area contributed by atoms with E-state index >= 15 is 0 Å². The smallest absolute Gasteiger partial charge is 0.269 e. The summed E-state index contributed by atoms with van der Waals surface area (Å²) in [6.45, 7) is 5.01. The Morgan fingerprint density at radius 2 is 1.83 bits per heavy atom. The molecule has 2 N–H and O–H groups in total. The van der Waals surface area contributed by atoms with Gasteiger partial charge in [-0.05, 0) is 38.8 Å². The van der Waals surface area contributed by atoms with Gasteiger partial charge in [0, 0.05) is 48.3 Å². The van der Waals surface area contributed by atoms with Crippen molar-refractivity contribution >= 4 is 11.6 Å². The lowest BCUT2D eigenvalue weighted by molar-refractivity contribution is -0.384. The average molecular weight is 318 g/mol. The third-order valence-electron chi connectivity index (χ3n) is 5.02. The number of benzene rings is 1. The number of nitrogens with one attached hydrogen (secondary N) is 2. The summed E-state index contributed by atoms with van der Waals surface area (Å²) in [4.78, 5) is 25.0. The highest BCUT2D eigenvalue weighted by molar-refractivity contribution is 5.94. The van der Waals surface area contributed by atoms with Gasteiger partial charge in [-0.2, -0.15) is 0 Å². The van der Waals surface area contributed by atoms with Crippen molar-refractivity contribution < 1.29 is 9.72 Å². The molecule has 23 heavy (non-hydrogen) atoms. The maximum Gasteiger partial charge on any atom is 0.269 e. The van der Waals surface area contributed by atoms with Gasteiger partial charge in [-0.3, -0.25) is 25.8 Å². The van der Waals surface area contributed by atoms with E-state index in [9.17, 15) is 14.9 Å². The van der Waals surface area contributed by atoms with Crippen LogP contribution in [0, 0.1) is 16.0 Å². The van der Waals surface area contributed by atoms with Gasteiger partial charge in [0.15, 0.2) is 0 Å². The number of hydrazine groups is 1. The molecule has 2 fully saturated rings. The highest BCUT2D eigenvalue weighted by Crippen LogP contribution is 2.31. The normalized spacial score (nSPS) is 30.6. The van der Waals surface area contributed by atoms with Crippen LogP contribution in [0.4, 0.5) is 5.69 Å². The molecule has 3 rings (SSSR count).